The Hall–Kier alpha value is -3.03. The molecule has 2 amide bonds. The third-order valence-electron chi connectivity index (χ3n) is 5.30. The van der Waals surface area contributed by atoms with Gasteiger partial charge in [0.25, 0.3) is 0 Å². The lowest BCUT2D eigenvalue weighted by Crippen LogP contribution is -2.63. The van der Waals surface area contributed by atoms with Gasteiger partial charge in [0, 0.05) is 22.5 Å². The standard InChI is InChI=1S/C25H37N3O5/c1-10-18(20-16(2)26-19-14-12-11-13-17(19)20)25(9,15-29)28(22(31)33-24(6,7)8)27-21(30)32-23(3,4)5/h11-15,18,26H,10H2,1-9H3,(H,27,30)/t18-,25-/m1/s1. The average molecular weight is 460 g/mol. The van der Waals surface area contributed by atoms with Crippen LogP contribution in [0.25, 0.3) is 10.9 Å². The van der Waals surface area contributed by atoms with Gasteiger partial charge in [-0.3, -0.25) is 0 Å². The van der Waals surface area contributed by atoms with Crippen LogP contribution in [0, 0.1) is 6.92 Å². The average Bonchev–Trinajstić information content (AvgIpc) is 2.99. The number of hydrogen-bond donors (Lipinski definition) is 2. The van der Waals surface area contributed by atoms with Gasteiger partial charge in [-0.2, -0.15) is 0 Å². The second-order valence-electron chi connectivity index (χ2n) is 10.4. The summed E-state index contributed by atoms with van der Waals surface area (Å²) >= 11 is 0. The van der Waals surface area contributed by atoms with E-state index in [1.807, 2.05) is 38.1 Å². The predicted octanol–water partition coefficient (Wildman–Crippen LogP) is 5.60. The number of hydrazine groups is 1. The number of rotatable bonds is 5. The lowest BCUT2D eigenvalue weighted by atomic mass is 9.78. The number of benzene rings is 1. The van der Waals surface area contributed by atoms with Gasteiger partial charge in [0.1, 0.15) is 23.0 Å². The lowest BCUT2D eigenvalue weighted by molar-refractivity contribution is -0.121. The summed E-state index contributed by atoms with van der Waals surface area (Å²) in [6.07, 6.45) is -0.498. The number of aldehydes is 1. The first-order chi connectivity index (χ1) is 15.1. The van der Waals surface area contributed by atoms with Crippen molar-refractivity contribution < 1.29 is 23.9 Å². The van der Waals surface area contributed by atoms with Crippen LogP contribution >= 0.6 is 0 Å². The van der Waals surface area contributed by atoms with Crippen molar-refractivity contribution in [3.8, 4) is 0 Å². The minimum Gasteiger partial charge on any atom is -0.443 e. The minimum absolute atomic E-state index is 0.450. The van der Waals surface area contributed by atoms with Gasteiger partial charge in [0.15, 0.2) is 0 Å². The maximum Gasteiger partial charge on any atom is 0.430 e. The highest BCUT2D eigenvalue weighted by Gasteiger charge is 2.47. The van der Waals surface area contributed by atoms with E-state index in [1.165, 1.54) is 0 Å². The molecule has 0 unspecified atom stereocenters. The monoisotopic (exact) mass is 459 g/mol. The highest BCUT2D eigenvalue weighted by molar-refractivity contribution is 5.87. The van der Waals surface area contributed by atoms with E-state index in [2.05, 4.69) is 10.4 Å². The Morgan fingerprint density at radius 1 is 1.06 bits per heavy atom. The van der Waals surface area contributed by atoms with Crippen LogP contribution in [0.3, 0.4) is 0 Å². The number of amides is 2. The number of nitrogens with zero attached hydrogens (tertiary/aromatic N) is 1. The smallest absolute Gasteiger partial charge is 0.430 e. The number of aryl methyl sites for hydroxylation is 1. The molecule has 8 heteroatoms. The fourth-order valence-corrected chi connectivity index (χ4v) is 4.01. The Balaban J connectivity index is 2.62. The second kappa shape index (κ2) is 9.45. The van der Waals surface area contributed by atoms with E-state index < -0.39 is 34.8 Å². The first-order valence-electron chi connectivity index (χ1n) is 11.2. The molecule has 0 aliphatic carbocycles. The molecule has 1 aromatic carbocycles. The van der Waals surface area contributed by atoms with Gasteiger partial charge in [-0.15, -0.1) is 0 Å². The molecule has 2 atom stereocenters. The van der Waals surface area contributed by atoms with Crippen LogP contribution in [-0.4, -0.2) is 45.2 Å². The summed E-state index contributed by atoms with van der Waals surface area (Å²) in [5.74, 6) is -0.450. The Labute approximate surface area is 196 Å². The van der Waals surface area contributed by atoms with Gasteiger partial charge in [0.05, 0.1) is 0 Å². The lowest BCUT2D eigenvalue weighted by Gasteiger charge is -2.42. The number of fused-ring (bicyclic) bond motifs is 1. The third-order valence-corrected chi connectivity index (χ3v) is 5.30. The molecule has 0 aliphatic heterocycles. The number of nitrogens with one attached hydrogen (secondary N) is 2. The number of carbonyl (C=O) groups is 3. The molecule has 0 radical (unpaired) electrons. The predicted molar refractivity (Wildman–Crippen MR) is 128 cm³/mol. The number of ether oxygens (including phenoxy) is 2. The summed E-state index contributed by atoms with van der Waals surface area (Å²) in [6.45, 7) is 15.8. The molecular weight excluding hydrogens is 422 g/mol. The van der Waals surface area contributed by atoms with Crippen molar-refractivity contribution in [1.29, 1.82) is 0 Å². The highest BCUT2D eigenvalue weighted by Crippen LogP contribution is 2.40. The van der Waals surface area contributed by atoms with Crippen LogP contribution in [0.15, 0.2) is 24.3 Å². The van der Waals surface area contributed by atoms with Gasteiger partial charge in [-0.25, -0.2) is 20.0 Å². The summed E-state index contributed by atoms with van der Waals surface area (Å²) < 4.78 is 10.9. The van der Waals surface area contributed by atoms with Gasteiger partial charge in [0.2, 0.25) is 0 Å². The fourth-order valence-electron chi connectivity index (χ4n) is 4.01. The molecule has 33 heavy (non-hydrogen) atoms. The number of hydrogen-bond acceptors (Lipinski definition) is 5. The molecule has 1 aromatic heterocycles. The number of aromatic nitrogens is 1. The molecule has 2 N–H and O–H groups in total. The molecular formula is C25H37N3O5. The molecule has 0 fully saturated rings. The molecule has 0 bridgehead atoms. The number of aromatic amines is 1. The Morgan fingerprint density at radius 2 is 1.64 bits per heavy atom. The quantitative estimate of drug-likeness (QED) is 0.447. The topological polar surface area (TPSA) is 101 Å². The molecule has 1 heterocycles. The van der Waals surface area contributed by atoms with Crippen LogP contribution in [0.1, 0.15) is 79.0 Å². The van der Waals surface area contributed by atoms with E-state index in [0.29, 0.717) is 12.7 Å². The molecule has 182 valence electrons. The van der Waals surface area contributed by atoms with Gasteiger partial charge in [-0.05, 0) is 73.4 Å². The van der Waals surface area contributed by atoms with Gasteiger partial charge in [-0.1, -0.05) is 25.1 Å². The van der Waals surface area contributed by atoms with E-state index in [0.717, 1.165) is 27.2 Å². The maximum atomic E-state index is 13.3. The molecule has 0 saturated carbocycles. The fraction of sp³-hybridized carbons (Fsp3) is 0.560. The molecule has 0 spiro atoms. The zero-order valence-corrected chi connectivity index (χ0v) is 21.2. The van der Waals surface area contributed by atoms with Gasteiger partial charge >= 0.3 is 12.2 Å². The Morgan fingerprint density at radius 3 is 2.15 bits per heavy atom. The molecule has 0 saturated heterocycles. The normalized spacial score (nSPS) is 14.8. The second-order valence-corrected chi connectivity index (χ2v) is 10.4. The largest absolute Gasteiger partial charge is 0.443 e. The first-order valence-corrected chi connectivity index (χ1v) is 11.2. The third kappa shape index (κ3) is 6.06. The summed E-state index contributed by atoms with van der Waals surface area (Å²) in [7, 11) is 0. The van der Waals surface area contributed by atoms with Crippen molar-refractivity contribution in [2.75, 3.05) is 0 Å². The number of H-pyrrole nitrogens is 1. The maximum absolute atomic E-state index is 13.3. The Bertz CT molecular complexity index is 1020. The van der Waals surface area contributed by atoms with Crippen molar-refractivity contribution in [3.63, 3.8) is 0 Å². The molecule has 8 nitrogen and oxygen atoms in total. The molecule has 2 rings (SSSR count). The Kier molecular flexibility index (Phi) is 7.51. The van der Waals surface area contributed by atoms with E-state index in [-0.39, 0.29) is 0 Å². The summed E-state index contributed by atoms with van der Waals surface area (Å²) in [6, 6.07) is 7.79. The highest BCUT2D eigenvalue weighted by atomic mass is 16.6. The van der Waals surface area contributed by atoms with E-state index in [9.17, 15) is 14.4 Å². The van der Waals surface area contributed by atoms with Crippen LogP contribution in [0.2, 0.25) is 0 Å². The number of carbonyl (C=O) groups excluding carboxylic acids is 3. The van der Waals surface area contributed by atoms with Gasteiger partial charge < -0.3 is 19.3 Å². The van der Waals surface area contributed by atoms with Crippen LogP contribution in [0.5, 0.6) is 0 Å². The molecule has 2 aromatic rings. The zero-order chi connectivity index (χ0) is 25.2. The zero-order valence-electron chi connectivity index (χ0n) is 21.2. The SMILES string of the molecule is CC[C@H](c1c(C)[nH]c2ccccc12)[C@@](C)(C=O)N(NC(=O)OC(C)(C)C)C(=O)OC(C)(C)C. The van der Waals surface area contributed by atoms with E-state index in [4.69, 9.17) is 9.47 Å². The number of para-hydroxylation sites is 1. The van der Waals surface area contributed by atoms with Crippen molar-refractivity contribution in [2.24, 2.45) is 0 Å². The van der Waals surface area contributed by atoms with E-state index >= 15 is 0 Å². The van der Waals surface area contributed by atoms with Crippen LogP contribution in [-0.2, 0) is 14.3 Å². The van der Waals surface area contributed by atoms with Crippen molar-refractivity contribution in [2.45, 2.75) is 91.4 Å². The van der Waals surface area contributed by atoms with Crippen molar-refractivity contribution >= 4 is 29.4 Å². The van der Waals surface area contributed by atoms with Crippen molar-refractivity contribution in [1.82, 2.24) is 15.4 Å². The molecule has 0 aliphatic rings. The first kappa shape index (κ1) is 26.2. The van der Waals surface area contributed by atoms with Crippen LogP contribution in [0.4, 0.5) is 9.59 Å². The summed E-state index contributed by atoms with van der Waals surface area (Å²) in [5.41, 5.74) is 2.11. The summed E-state index contributed by atoms with van der Waals surface area (Å²) in [4.78, 5) is 42.0. The minimum atomic E-state index is -1.47. The van der Waals surface area contributed by atoms with Crippen molar-refractivity contribution in [3.05, 3.63) is 35.5 Å². The van der Waals surface area contributed by atoms with E-state index in [1.54, 1.807) is 48.5 Å². The summed E-state index contributed by atoms with van der Waals surface area (Å²) in [5, 5.41) is 1.92. The van der Waals surface area contributed by atoms with Crippen LogP contribution < -0.4 is 5.43 Å².